The summed E-state index contributed by atoms with van der Waals surface area (Å²) in [6.07, 6.45) is -2.97. The van der Waals surface area contributed by atoms with Crippen LogP contribution in [0.3, 0.4) is 0 Å². The molecule has 618 valence electrons. The molecule has 4 aromatic carbocycles. The second kappa shape index (κ2) is 40.2. The number of nitrogens with one attached hydrogen (secondary N) is 2. The number of likely N-dealkylation sites (N-methyl/N-ethyl adjacent to an activating group) is 2. The van der Waals surface area contributed by atoms with Gasteiger partial charge in [-0.1, -0.05) is 80.0 Å². The first-order valence-electron chi connectivity index (χ1n) is 37.9. The fourth-order valence-electron chi connectivity index (χ4n) is 13.8. The molecule has 3 aliphatic rings. The zero-order valence-corrected chi connectivity index (χ0v) is 71.9. The molecule has 112 heavy (non-hydrogen) atoms. The predicted octanol–water partition coefficient (Wildman–Crippen LogP) is 17.3. The van der Waals surface area contributed by atoms with E-state index >= 15 is 8.78 Å². The van der Waals surface area contributed by atoms with Gasteiger partial charge in [-0.25, -0.2) is 8.78 Å². The van der Waals surface area contributed by atoms with Gasteiger partial charge in [0, 0.05) is 53.2 Å². The van der Waals surface area contributed by atoms with Crippen molar-refractivity contribution in [1.29, 1.82) is 0 Å². The van der Waals surface area contributed by atoms with Crippen LogP contribution >= 0.6 is 42.9 Å². The molecule has 3 fully saturated rings. The largest absolute Gasteiger partial charge is 0.494 e. The van der Waals surface area contributed by atoms with Gasteiger partial charge in [-0.2, -0.15) is 53.3 Å². The number of hydrogen-bond acceptors (Lipinski definition) is 12. The van der Waals surface area contributed by atoms with Crippen LogP contribution in [0.25, 0.3) is 11.1 Å². The van der Waals surface area contributed by atoms with E-state index in [4.69, 9.17) is 18.8 Å². The molecule has 2 aromatic heterocycles. The number of pyridine rings is 2. The second-order valence-electron chi connectivity index (χ2n) is 32.0. The smallest absolute Gasteiger partial charge is 0.466 e. The number of amides is 2. The third-order valence-corrected chi connectivity index (χ3v) is 21.8. The standard InChI is InChI=1S/C39H49F4N3O4.C34H48BF4N3O6.C11H13Br.2H2S/c1-9-50-35(48)20-32(30-18-29(17-25(6)37(30)40)36-23(4)15-28(16-24(36)5)26-10-11-26)44-38(49)33(14-22(2)3)46-21-27(12-13-45(7)8)31(19-34(46)47)39(41,42)43;1-11-46-29(44)18-26(24-16-23(15-21(4)30(24)36)35-47-32(5,6)33(7,8)48-35)40-31(45)27(14-20(2)3)42-19-22(12-13-41(9)10)25(17-28(42)43)34(37,38)39;1-7-5-10(9-3-4-9)6-8(2)11(7)12;;/h15-19,21-22,26,32-33H,9-14,20H2,1-8H3,(H,44,49);15-17,19-20,26-27H,11-14,18H2,1-10H3,(H,40,45);5-6,9H,3-4H2,1-2H3;2*1H2/t32-,33?;26-,27?;;;/m00.../s1. The molecule has 6 aromatic rings. The van der Waals surface area contributed by atoms with E-state index in [2.05, 4.69) is 64.7 Å². The lowest BCUT2D eigenvalue weighted by Crippen LogP contribution is -2.41. The molecule has 0 spiro atoms. The van der Waals surface area contributed by atoms with E-state index < -0.39 is 125 Å². The second-order valence-corrected chi connectivity index (χ2v) is 32.8. The molecule has 16 nitrogen and oxygen atoms in total. The average Bonchev–Trinajstić information content (AvgIpc) is 1.17. The molecule has 2 unspecified atom stereocenters. The minimum atomic E-state index is -4.78. The summed E-state index contributed by atoms with van der Waals surface area (Å²) in [6, 6.07) is 11.5. The van der Waals surface area contributed by atoms with E-state index in [1.165, 1.54) is 52.6 Å². The normalized spacial score (nSPS) is 15.6. The van der Waals surface area contributed by atoms with Crippen molar-refractivity contribution in [2.24, 2.45) is 11.8 Å². The van der Waals surface area contributed by atoms with Crippen LogP contribution in [0, 0.1) is 65.0 Å². The molecule has 28 heteroatoms. The van der Waals surface area contributed by atoms with E-state index in [-0.39, 0.29) is 119 Å². The van der Waals surface area contributed by atoms with Gasteiger partial charge < -0.3 is 48.4 Å². The summed E-state index contributed by atoms with van der Waals surface area (Å²) in [5.74, 6) is -3.05. The quantitative estimate of drug-likeness (QED) is 0.0270. The van der Waals surface area contributed by atoms with Gasteiger partial charge in [0.1, 0.15) is 23.7 Å². The third kappa shape index (κ3) is 25.3. The van der Waals surface area contributed by atoms with Crippen molar-refractivity contribution in [3.8, 4) is 11.1 Å². The molecule has 1 aliphatic heterocycles. The number of hydrogen-bond donors (Lipinski definition) is 2. The molecule has 0 radical (unpaired) electrons. The van der Waals surface area contributed by atoms with E-state index in [1.54, 1.807) is 90.8 Å². The molecule has 9 rings (SSSR count). The third-order valence-electron chi connectivity index (χ3n) is 20.5. The van der Waals surface area contributed by atoms with Gasteiger partial charge in [0.15, 0.2) is 0 Å². The molecule has 2 saturated carbocycles. The maximum absolute atomic E-state index is 16.1. The Kier molecular flexibility index (Phi) is 34.3. The molecule has 0 bridgehead atoms. The van der Waals surface area contributed by atoms with Crippen LogP contribution in [-0.4, -0.2) is 116 Å². The highest BCUT2D eigenvalue weighted by Crippen LogP contribution is 2.45. The van der Waals surface area contributed by atoms with Gasteiger partial charge >= 0.3 is 31.4 Å². The summed E-state index contributed by atoms with van der Waals surface area (Å²) >= 11 is 3.58. The van der Waals surface area contributed by atoms with Crippen LogP contribution in [0.15, 0.2) is 87.1 Å². The Morgan fingerprint density at radius 1 is 0.562 bits per heavy atom. The minimum Gasteiger partial charge on any atom is -0.466 e. The molecule has 2 N–H and O–H groups in total. The molecular formula is C84H114BBrF8N6O10S2. The lowest BCUT2D eigenvalue weighted by Gasteiger charge is -2.32. The van der Waals surface area contributed by atoms with Crippen molar-refractivity contribution in [3.63, 3.8) is 0 Å². The topological polar surface area (TPSA) is 180 Å². The first kappa shape index (κ1) is 95.8. The maximum Gasteiger partial charge on any atom is 0.494 e. The molecule has 2 aliphatic carbocycles. The number of aryl methyl sites for hydroxylation is 6. The Hall–Kier alpha value is -6.82. The zero-order valence-electron chi connectivity index (χ0n) is 68.3. The first-order chi connectivity index (χ1) is 51.2. The lowest BCUT2D eigenvalue weighted by atomic mass is 9.76. The maximum atomic E-state index is 16.1. The number of aromatic nitrogens is 2. The van der Waals surface area contributed by atoms with Crippen molar-refractivity contribution in [2.75, 3.05) is 54.5 Å². The fourth-order valence-corrected chi connectivity index (χ4v) is 14.0. The van der Waals surface area contributed by atoms with Crippen molar-refractivity contribution < 1.29 is 73.1 Å². The predicted molar refractivity (Wildman–Crippen MR) is 438 cm³/mol. The van der Waals surface area contributed by atoms with Gasteiger partial charge in [-0.05, 0) is 271 Å². The highest BCUT2D eigenvalue weighted by atomic mass is 79.9. The number of ether oxygens (including phenoxy) is 2. The Bertz CT molecular complexity index is 4360. The Labute approximate surface area is 677 Å². The van der Waals surface area contributed by atoms with E-state index in [9.17, 15) is 55.1 Å². The summed E-state index contributed by atoms with van der Waals surface area (Å²) in [5, 5.41) is 5.54. The number of carbonyl (C=O) groups excluding carboxylic acids is 4. The van der Waals surface area contributed by atoms with Gasteiger partial charge in [-0.3, -0.25) is 28.8 Å². The summed E-state index contributed by atoms with van der Waals surface area (Å²) in [6.45, 7) is 30.2. The van der Waals surface area contributed by atoms with E-state index in [0.29, 0.717) is 29.1 Å². The molecule has 4 atom stereocenters. The summed E-state index contributed by atoms with van der Waals surface area (Å²) in [5.41, 5.74) is 4.54. The lowest BCUT2D eigenvalue weighted by molar-refractivity contribution is -0.145. The fraction of sp³-hybridized carbons (Fsp3) is 0.548. The molecule has 2 amide bonds. The van der Waals surface area contributed by atoms with E-state index in [0.717, 1.165) is 62.5 Å². The SMILES string of the molecule is CCOC(=O)C[C@H](NC(=O)C(CC(C)C)n1cc(CCN(C)C)c(C(F)(F)F)cc1=O)c1cc(-c2c(C)cc(C3CC3)cc2C)cc(C)c1F.CCOC(=O)C[C@H](NC(=O)C(CC(C)C)n1cc(CCN(C)C)c(C(F)(F)F)cc1=O)c1cc(B2OC(C)(C)C(C)(C)O2)cc(C)c1F.Cc1cc(C2CC2)cc(C)c1Br.S.S. The number of alkyl halides is 6. The average molecular weight is 1670 g/mol. The summed E-state index contributed by atoms with van der Waals surface area (Å²) < 4.78 is 142. The Balaban J connectivity index is 0.000000341. The van der Waals surface area contributed by atoms with Crippen LogP contribution in [0.1, 0.15) is 234 Å². The van der Waals surface area contributed by atoms with Crippen molar-refractivity contribution in [1.82, 2.24) is 29.6 Å². The summed E-state index contributed by atoms with van der Waals surface area (Å²) in [4.78, 5) is 83.9. The number of esters is 2. The van der Waals surface area contributed by atoms with Crippen LogP contribution in [0.5, 0.6) is 0 Å². The van der Waals surface area contributed by atoms with E-state index in [1.807, 2.05) is 55.4 Å². The number of halogens is 9. The summed E-state index contributed by atoms with van der Waals surface area (Å²) in [7, 11) is 6.01. The van der Waals surface area contributed by atoms with Gasteiger partial charge in [0.05, 0.1) is 60.5 Å². The molecular weight excluding hydrogens is 1560 g/mol. The highest BCUT2D eigenvalue weighted by molar-refractivity contribution is 9.10. The minimum absolute atomic E-state index is 0. The van der Waals surface area contributed by atoms with Crippen LogP contribution in [-0.2, 0) is 63.2 Å². The Morgan fingerprint density at radius 3 is 1.26 bits per heavy atom. The molecule has 1 saturated heterocycles. The van der Waals surface area contributed by atoms with Crippen LogP contribution in [0.4, 0.5) is 35.1 Å². The first-order valence-corrected chi connectivity index (χ1v) is 38.7. The Morgan fingerprint density at radius 2 is 0.920 bits per heavy atom. The van der Waals surface area contributed by atoms with Crippen LogP contribution in [0.2, 0.25) is 0 Å². The van der Waals surface area contributed by atoms with Gasteiger partial charge in [0.2, 0.25) is 11.8 Å². The van der Waals surface area contributed by atoms with Gasteiger partial charge in [-0.15, -0.1) is 0 Å². The van der Waals surface area contributed by atoms with Gasteiger partial charge in [0.25, 0.3) is 11.1 Å². The van der Waals surface area contributed by atoms with Crippen molar-refractivity contribution in [2.45, 2.75) is 235 Å². The molecule has 3 heterocycles. The number of rotatable bonds is 28. The number of benzene rings is 4. The number of carbonyl (C=O) groups is 4. The van der Waals surface area contributed by atoms with Crippen molar-refractivity contribution in [3.05, 3.63) is 188 Å². The zero-order chi connectivity index (χ0) is 82.1. The van der Waals surface area contributed by atoms with Crippen LogP contribution < -0.4 is 27.2 Å². The highest BCUT2D eigenvalue weighted by Gasteiger charge is 2.52. The monoisotopic (exact) mass is 1670 g/mol. The number of nitrogens with zero attached hydrogens (tertiary/aromatic N) is 4. The van der Waals surface area contributed by atoms with Crippen molar-refractivity contribution >= 4 is 79.3 Å².